The molecule has 1 aliphatic heterocycles. The van der Waals surface area contributed by atoms with Gasteiger partial charge in [0.2, 0.25) is 17.7 Å². The maximum absolute atomic E-state index is 15.0. The third-order valence-corrected chi connectivity index (χ3v) is 10.8. The molecule has 62 heavy (non-hydrogen) atoms. The van der Waals surface area contributed by atoms with Crippen LogP contribution in [0.4, 0.5) is 22.0 Å². The summed E-state index contributed by atoms with van der Waals surface area (Å²) in [5.41, 5.74) is 7.35. The first-order valence-corrected chi connectivity index (χ1v) is 20.6. The van der Waals surface area contributed by atoms with E-state index in [1.54, 1.807) is 12.3 Å². The summed E-state index contributed by atoms with van der Waals surface area (Å²) in [6.45, 7) is 3.87. The van der Waals surface area contributed by atoms with Crippen molar-refractivity contribution in [3.8, 4) is 11.1 Å². The van der Waals surface area contributed by atoms with E-state index >= 15 is 4.39 Å². The molecule has 0 spiro atoms. The van der Waals surface area contributed by atoms with Gasteiger partial charge in [0.1, 0.15) is 24.8 Å². The molecule has 2 atom stereocenters. The fraction of sp³-hybridized carbons (Fsp3) is 0.400. The monoisotopic (exact) mass is 898 g/mol. The minimum absolute atomic E-state index is 0.0249. The SMILES string of the molecule is CC(C)(C)C(c1cc(-c2cc(F)ccc2F)cn1Cc1ccccc1)N(CCC(N)C(=O)NCCS(=O)(=O)CCNC(=O)CN1C(=O)C=CC1=O)C(=O)CO.O=C(O)C(F)(F)F. The van der Waals surface area contributed by atoms with Crippen LogP contribution in [-0.4, -0.2) is 125 Å². The van der Waals surface area contributed by atoms with Gasteiger partial charge < -0.3 is 36.0 Å². The molecule has 0 fully saturated rings. The van der Waals surface area contributed by atoms with Crippen molar-refractivity contribution in [3.63, 3.8) is 0 Å². The van der Waals surface area contributed by atoms with Crippen LogP contribution >= 0.6 is 0 Å². The first-order chi connectivity index (χ1) is 28.8. The third-order valence-electron chi connectivity index (χ3n) is 9.14. The number of carboxylic acids is 1. The smallest absolute Gasteiger partial charge is 0.475 e. The molecule has 16 nitrogen and oxygen atoms in total. The Morgan fingerprint density at radius 3 is 2.03 bits per heavy atom. The number of nitrogens with zero attached hydrogens (tertiary/aromatic N) is 3. The molecule has 1 aromatic heterocycles. The van der Waals surface area contributed by atoms with Crippen molar-refractivity contribution in [2.75, 3.05) is 44.3 Å². The molecule has 3 aromatic rings. The number of hydrogen-bond acceptors (Lipinski definition) is 10. The minimum Gasteiger partial charge on any atom is -0.475 e. The van der Waals surface area contributed by atoms with Crippen molar-refractivity contribution >= 4 is 45.3 Å². The third kappa shape index (κ3) is 14.9. The summed E-state index contributed by atoms with van der Waals surface area (Å²) in [5.74, 6) is -8.31. The van der Waals surface area contributed by atoms with E-state index in [1.165, 1.54) is 4.90 Å². The van der Waals surface area contributed by atoms with Crippen LogP contribution in [0.15, 0.2) is 72.9 Å². The summed E-state index contributed by atoms with van der Waals surface area (Å²) < 4.78 is 87.9. The predicted octanol–water partition coefficient (Wildman–Crippen LogP) is 2.31. The molecular weight excluding hydrogens is 852 g/mol. The van der Waals surface area contributed by atoms with Gasteiger partial charge in [0.25, 0.3) is 11.8 Å². The second-order valence-electron chi connectivity index (χ2n) is 15.0. The van der Waals surface area contributed by atoms with Gasteiger partial charge in [-0.25, -0.2) is 22.0 Å². The van der Waals surface area contributed by atoms with Gasteiger partial charge in [-0.15, -0.1) is 0 Å². The Balaban J connectivity index is 0.00000134. The number of carbonyl (C=O) groups is 6. The van der Waals surface area contributed by atoms with Gasteiger partial charge in [-0.05, 0) is 41.7 Å². The lowest BCUT2D eigenvalue weighted by molar-refractivity contribution is -0.192. The maximum atomic E-state index is 15.0. The number of carboxylic acid groups (broad SMARTS) is 1. The zero-order valence-corrected chi connectivity index (χ0v) is 34.6. The van der Waals surface area contributed by atoms with Gasteiger partial charge in [-0.3, -0.25) is 28.9 Å². The molecule has 338 valence electrons. The van der Waals surface area contributed by atoms with E-state index in [1.807, 2.05) is 55.7 Å². The molecule has 2 aromatic carbocycles. The molecule has 0 saturated heterocycles. The van der Waals surface area contributed by atoms with Gasteiger partial charge in [0.05, 0.1) is 23.6 Å². The van der Waals surface area contributed by atoms with Crippen molar-refractivity contribution in [3.05, 3.63) is 95.8 Å². The van der Waals surface area contributed by atoms with Crippen LogP contribution in [0, 0.1) is 17.0 Å². The van der Waals surface area contributed by atoms with E-state index in [0.29, 0.717) is 22.7 Å². The van der Waals surface area contributed by atoms with Crippen molar-refractivity contribution in [1.82, 2.24) is 25.0 Å². The Labute approximate surface area is 353 Å². The molecular formula is C40H47F5N6O10S. The number of aliphatic hydroxyl groups is 1. The number of amides is 5. The summed E-state index contributed by atoms with van der Waals surface area (Å²) in [6, 6.07) is 12.3. The first kappa shape index (κ1) is 50.4. The first-order valence-electron chi connectivity index (χ1n) is 18.8. The van der Waals surface area contributed by atoms with Crippen LogP contribution in [0.3, 0.4) is 0 Å². The van der Waals surface area contributed by atoms with E-state index < -0.39 is 105 Å². The summed E-state index contributed by atoms with van der Waals surface area (Å²) in [5, 5.41) is 22.0. The zero-order valence-electron chi connectivity index (χ0n) is 33.8. The average Bonchev–Trinajstić information content (AvgIpc) is 3.73. The van der Waals surface area contributed by atoms with Crippen molar-refractivity contribution < 1.29 is 69.4 Å². The van der Waals surface area contributed by atoms with Gasteiger partial charge in [-0.2, -0.15) is 13.2 Å². The fourth-order valence-corrected chi connectivity index (χ4v) is 7.24. The molecule has 2 heterocycles. The molecule has 0 aliphatic carbocycles. The normalized spacial score (nSPS) is 13.9. The highest BCUT2D eigenvalue weighted by Crippen LogP contribution is 2.41. The Morgan fingerprint density at radius 2 is 1.48 bits per heavy atom. The van der Waals surface area contributed by atoms with Crippen LogP contribution in [0.2, 0.25) is 0 Å². The van der Waals surface area contributed by atoms with Crippen LogP contribution < -0.4 is 16.4 Å². The Morgan fingerprint density at radius 1 is 0.903 bits per heavy atom. The van der Waals surface area contributed by atoms with Crippen molar-refractivity contribution in [1.29, 1.82) is 0 Å². The van der Waals surface area contributed by atoms with Gasteiger partial charge in [0.15, 0.2) is 9.84 Å². The lowest BCUT2D eigenvalue weighted by Crippen LogP contribution is -2.48. The van der Waals surface area contributed by atoms with Crippen LogP contribution in [0.1, 0.15) is 44.5 Å². The van der Waals surface area contributed by atoms with Crippen molar-refractivity contribution in [2.45, 2.75) is 52.0 Å². The largest absolute Gasteiger partial charge is 0.490 e. The molecule has 22 heteroatoms. The second-order valence-corrected chi connectivity index (χ2v) is 17.3. The average molecular weight is 899 g/mol. The molecule has 2 unspecified atom stereocenters. The highest BCUT2D eigenvalue weighted by molar-refractivity contribution is 7.91. The van der Waals surface area contributed by atoms with Crippen LogP contribution in [0.5, 0.6) is 0 Å². The number of imide groups is 1. The number of alkyl halides is 3. The predicted molar refractivity (Wildman–Crippen MR) is 213 cm³/mol. The molecule has 6 N–H and O–H groups in total. The summed E-state index contributed by atoms with van der Waals surface area (Å²) in [4.78, 5) is 72.6. The van der Waals surface area contributed by atoms with Gasteiger partial charge in [0, 0.05) is 61.3 Å². The Hall–Kier alpha value is -6.00. The summed E-state index contributed by atoms with van der Waals surface area (Å²) in [6.07, 6.45) is -1.43. The number of carbonyl (C=O) groups excluding carboxylic acids is 5. The fourth-order valence-electron chi connectivity index (χ4n) is 6.21. The highest BCUT2D eigenvalue weighted by atomic mass is 32.2. The van der Waals surface area contributed by atoms with E-state index in [-0.39, 0.29) is 31.6 Å². The maximum Gasteiger partial charge on any atom is 0.490 e. The van der Waals surface area contributed by atoms with Gasteiger partial charge in [-0.1, -0.05) is 51.1 Å². The minimum atomic E-state index is -5.08. The van der Waals surface area contributed by atoms with E-state index in [0.717, 1.165) is 35.9 Å². The number of halogens is 5. The number of aromatic nitrogens is 1. The molecule has 0 radical (unpaired) electrons. The Bertz CT molecular complexity index is 2230. The number of aliphatic carboxylic acids is 1. The highest BCUT2D eigenvalue weighted by Gasteiger charge is 2.39. The molecule has 4 rings (SSSR count). The molecule has 1 aliphatic rings. The standard InChI is InChI=1S/C38H46F2N6O8S.C2HF3O2/c1-38(2,3)36(31-19-26(28-20-27(39)9-10-29(28)40)22-44(31)21-25-7-5-4-6-8-25)45(35(51)24-47)16-13-30(41)37(52)43-15-18-55(53,54)17-14-42-32(48)23-46-33(49)11-12-34(46)50;3-2(4,5)1(6)7/h4-12,19-20,22,30,36,47H,13-18,21,23-24,41H2,1-3H3,(H,42,48)(H,43,52);(H,6,7). The lowest BCUT2D eigenvalue weighted by Gasteiger charge is -2.41. The van der Waals surface area contributed by atoms with E-state index in [2.05, 4.69) is 10.6 Å². The molecule has 0 bridgehead atoms. The number of nitrogens with two attached hydrogens (primary N) is 1. The van der Waals surface area contributed by atoms with Gasteiger partial charge >= 0.3 is 12.1 Å². The lowest BCUT2D eigenvalue weighted by atomic mass is 9.82. The van der Waals surface area contributed by atoms with E-state index in [9.17, 15) is 55.1 Å². The van der Waals surface area contributed by atoms with Crippen molar-refractivity contribution in [2.24, 2.45) is 11.1 Å². The number of rotatable bonds is 18. The molecule has 0 saturated carbocycles. The number of aliphatic hydroxyl groups excluding tert-OH is 1. The number of nitrogens with one attached hydrogen (secondary N) is 2. The quantitative estimate of drug-likeness (QED) is 0.0918. The van der Waals surface area contributed by atoms with Crippen LogP contribution in [-0.2, 0) is 45.1 Å². The van der Waals surface area contributed by atoms with E-state index in [4.69, 9.17) is 15.6 Å². The molecule has 5 amide bonds. The summed E-state index contributed by atoms with van der Waals surface area (Å²) >= 11 is 0. The number of hydrogen-bond donors (Lipinski definition) is 5. The second kappa shape index (κ2) is 21.7. The van der Waals surface area contributed by atoms with Crippen LogP contribution in [0.25, 0.3) is 11.1 Å². The summed E-state index contributed by atoms with van der Waals surface area (Å²) in [7, 11) is -3.75. The number of sulfone groups is 1. The Kier molecular flexibility index (Phi) is 17.6. The number of benzene rings is 2. The zero-order chi connectivity index (χ0) is 46.6. The topological polar surface area (TPSA) is 239 Å².